The Balaban J connectivity index is 0.000000300. The minimum absolute atomic E-state index is 0.568. The average Bonchev–Trinajstić information content (AvgIpc) is 3.03. The average molecular weight is 266 g/mol. The molecule has 1 saturated heterocycles. The van der Waals surface area contributed by atoms with E-state index in [2.05, 4.69) is 0 Å². The highest BCUT2D eigenvalue weighted by Crippen LogP contribution is 2.15. The fourth-order valence-electron chi connectivity index (χ4n) is 1.61. The summed E-state index contributed by atoms with van der Waals surface area (Å²) >= 11 is 0. The van der Waals surface area contributed by atoms with Gasteiger partial charge in [0.25, 0.3) is 0 Å². The Kier molecular flexibility index (Phi) is 8.68. The van der Waals surface area contributed by atoms with Crippen molar-refractivity contribution in [2.75, 3.05) is 33.5 Å². The monoisotopic (exact) mass is 266 g/mol. The quantitative estimate of drug-likeness (QED) is 0.586. The molecule has 2 rings (SSSR count). The molecule has 0 N–H and O–H groups in total. The molecule has 0 radical (unpaired) electrons. The van der Waals surface area contributed by atoms with E-state index in [-0.39, 0.29) is 0 Å². The molecule has 1 aromatic rings. The molecule has 0 atom stereocenters. The summed E-state index contributed by atoms with van der Waals surface area (Å²) in [5.41, 5.74) is 0.588. The summed E-state index contributed by atoms with van der Waals surface area (Å²) in [7, 11) is 1.65. The molecule has 4 nitrogen and oxygen atoms in total. The number of hydrogen-bond donors (Lipinski definition) is 0. The van der Waals surface area contributed by atoms with Gasteiger partial charge in [-0.3, -0.25) is 4.79 Å². The minimum atomic E-state index is 0.568. The van der Waals surface area contributed by atoms with Gasteiger partial charge in [0.2, 0.25) is 0 Å². The van der Waals surface area contributed by atoms with Crippen LogP contribution in [0.5, 0.6) is 5.75 Å². The zero-order valence-electron chi connectivity index (χ0n) is 11.5. The molecule has 1 fully saturated rings. The molecule has 0 saturated carbocycles. The van der Waals surface area contributed by atoms with Crippen molar-refractivity contribution in [3.63, 3.8) is 0 Å². The second kappa shape index (κ2) is 10.5. The van der Waals surface area contributed by atoms with Crippen molar-refractivity contribution in [2.24, 2.45) is 0 Å². The summed E-state index contributed by atoms with van der Waals surface area (Å²) in [6, 6.07) is 7.18. The molecule has 1 aliphatic heterocycles. The summed E-state index contributed by atoms with van der Waals surface area (Å²) in [4.78, 5) is 10.6. The molecule has 4 heteroatoms. The Bertz CT molecular complexity index is 340. The number of aldehydes is 1. The first kappa shape index (κ1) is 15.7. The zero-order chi connectivity index (χ0) is 13.8. The van der Waals surface area contributed by atoms with Crippen LogP contribution in [0.1, 0.15) is 29.6 Å². The van der Waals surface area contributed by atoms with Crippen molar-refractivity contribution in [1.29, 1.82) is 0 Å². The summed E-state index contributed by atoms with van der Waals surface area (Å²) in [6.07, 6.45) is 4.18. The Morgan fingerprint density at radius 1 is 1.21 bits per heavy atom. The van der Waals surface area contributed by atoms with Crippen LogP contribution in [0.25, 0.3) is 0 Å². The number of methoxy groups -OCH3 is 1. The number of hydrogen-bond acceptors (Lipinski definition) is 4. The standard InChI is InChI=1S/C11H14O3.C4H8O/c1-13-7-4-8-14-11-6-3-2-5-10(11)9-12;1-2-4-5-3-1/h2-3,5-6,9H,4,7-8H2,1H3;1-4H2. The molecule has 106 valence electrons. The third kappa shape index (κ3) is 6.94. The molecule has 0 aromatic heterocycles. The maximum atomic E-state index is 10.6. The molecule has 1 heterocycles. The lowest BCUT2D eigenvalue weighted by Gasteiger charge is -2.07. The van der Waals surface area contributed by atoms with Gasteiger partial charge in [-0.2, -0.15) is 0 Å². The van der Waals surface area contributed by atoms with E-state index in [4.69, 9.17) is 14.2 Å². The number of para-hydroxylation sites is 1. The lowest BCUT2D eigenvalue weighted by atomic mass is 10.2. The van der Waals surface area contributed by atoms with Gasteiger partial charge in [-0.1, -0.05) is 12.1 Å². The van der Waals surface area contributed by atoms with Crippen LogP contribution >= 0.6 is 0 Å². The first-order valence-corrected chi connectivity index (χ1v) is 6.62. The normalized spacial score (nSPS) is 13.5. The number of rotatable bonds is 6. The first-order valence-electron chi connectivity index (χ1n) is 6.62. The molecule has 1 aliphatic rings. The SMILES string of the molecule is C1CCOC1.COCCCOc1ccccc1C=O. The Morgan fingerprint density at radius 2 is 1.95 bits per heavy atom. The molecular formula is C15H22O4. The Hall–Kier alpha value is -1.39. The second-order valence-corrected chi connectivity index (χ2v) is 4.17. The van der Waals surface area contributed by atoms with Crippen LogP contribution in [0.2, 0.25) is 0 Å². The highest BCUT2D eigenvalue weighted by Gasteiger charge is 2.00. The van der Waals surface area contributed by atoms with Crippen LogP contribution in [0.4, 0.5) is 0 Å². The van der Waals surface area contributed by atoms with Crippen LogP contribution in [0, 0.1) is 0 Å². The molecule has 0 spiro atoms. The van der Waals surface area contributed by atoms with Gasteiger partial charge in [0, 0.05) is 33.4 Å². The third-order valence-corrected chi connectivity index (χ3v) is 2.62. The van der Waals surface area contributed by atoms with E-state index in [1.54, 1.807) is 19.2 Å². The van der Waals surface area contributed by atoms with E-state index in [1.165, 1.54) is 12.8 Å². The lowest BCUT2D eigenvalue weighted by Crippen LogP contribution is -2.02. The molecule has 0 amide bonds. The van der Waals surface area contributed by atoms with E-state index in [0.29, 0.717) is 24.5 Å². The predicted molar refractivity (Wildman–Crippen MR) is 73.9 cm³/mol. The van der Waals surface area contributed by atoms with Crippen LogP contribution in [0.15, 0.2) is 24.3 Å². The van der Waals surface area contributed by atoms with E-state index in [9.17, 15) is 4.79 Å². The van der Waals surface area contributed by atoms with Gasteiger partial charge in [0.05, 0.1) is 12.2 Å². The van der Waals surface area contributed by atoms with Gasteiger partial charge < -0.3 is 14.2 Å². The summed E-state index contributed by atoms with van der Waals surface area (Å²) < 4.78 is 15.3. The topological polar surface area (TPSA) is 44.8 Å². The molecule has 19 heavy (non-hydrogen) atoms. The van der Waals surface area contributed by atoms with Crippen LogP contribution in [-0.4, -0.2) is 39.8 Å². The molecule has 0 aliphatic carbocycles. The Morgan fingerprint density at radius 3 is 2.53 bits per heavy atom. The van der Waals surface area contributed by atoms with Crippen LogP contribution < -0.4 is 4.74 Å². The maximum absolute atomic E-state index is 10.6. The van der Waals surface area contributed by atoms with E-state index in [1.807, 2.05) is 12.1 Å². The fraction of sp³-hybridized carbons (Fsp3) is 0.533. The maximum Gasteiger partial charge on any atom is 0.153 e. The highest BCUT2D eigenvalue weighted by atomic mass is 16.5. The second-order valence-electron chi connectivity index (χ2n) is 4.17. The van der Waals surface area contributed by atoms with E-state index in [0.717, 1.165) is 25.9 Å². The molecule has 0 bridgehead atoms. The Labute approximate surface area is 114 Å². The lowest BCUT2D eigenvalue weighted by molar-refractivity contribution is 0.111. The van der Waals surface area contributed by atoms with Gasteiger partial charge >= 0.3 is 0 Å². The number of carbonyl (C=O) groups is 1. The fourth-order valence-corrected chi connectivity index (χ4v) is 1.61. The van der Waals surface area contributed by atoms with Crippen molar-refractivity contribution < 1.29 is 19.0 Å². The van der Waals surface area contributed by atoms with Gasteiger partial charge in [0.15, 0.2) is 6.29 Å². The largest absolute Gasteiger partial charge is 0.493 e. The van der Waals surface area contributed by atoms with Crippen LogP contribution in [0.3, 0.4) is 0 Å². The third-order valence-electron chi connectivity index (χ3n) is 2.62. The summed E-state index contributed by atoms with van der Waals surface area (Å²) in [6.45, 7) is 3.24. The molecule has 1 aromatic carbocycles. The first-order chi connectivity index (χ1) is 9.38. The molecule has 0 unspecified atom stereocenters. The van der Waals surface area contributed by atoms with E-state index < -0.39 is 0 Å². The smallest absolute Gasteiger partial charge is 0.153 e. The minimum Gasteiger partial charge on any atom is -0.493 e. The van der Waals surface area contributed by atoms with Crippen molar-refractivity contribution in [3.05, 3.63) is 29.8 Å². The number of benzene rings is 1. The number of ether oxygens (including phenoxy) is 3. The van der Waals surface area contributed by atoms with Crippen molar-refractivity contribution in [3.8, 4) is 5.75 Å². The predicted octanol–water partition coefficient (Wildman–Crippen LogP) is 2.71. The number of carbonyl (C=O) groups excluding carboxylic acids is 1. The highest BCUT2D eigenvalue weighted by molar-refractivity contribution is 5.79. The van der Waals surface area contributed by atoms with Crippen molar-refractivity contribution in [1.82, 2.24) is 0 Å². The summed E-state index contributed by atoms with van der Waals surface area (Å²) in [5, 5.41) is 0. The van der Waals surface area contributed by atoms with Gasteiger partial charge in [-0.15, -0.1) is 0 Å². The molecular weight excluding hydrogens is 244 g/mol. The van der Waals surface area contributed by atoms with Crippen molar-refractivity contribution in [2.45, 2.75) is 19.3 Å². The van der Waals surface area contributed by atoms with Gasteiger partial charge in [0.1, 0.15) is 5.75 Å². The van der Waals surface area contributed by atoms with Gasteiger partial charge in [-0.25, -0.2) is 0 Å². The van der Waals surface area contributed by atoms with Gasteiger partial charge in [-0.05, 0) is 25.0 Å². The van der Waals surface area contributed by atoms with Crippen LogP contribution in [-0.2, 0) is 9.47 Å². The summed E-state index contributed by atoms with van der Waals surface area (Å²) in [5.74, 6) is 0.638. The zero-order valence-corrected chi connectivity index (χ0v) is 11.5. The van der Waals surface area contributed by atoms with Crippen molar-refractivity contribution >= 4 is 6.29 Å². The van der Waals surface area contributed by atoms with E-state index >= 15 is 0 Å².